The summed E-state index contributed by atoms with van der Waals surface area (Å²) in [5, 5.41) is 11.6. The number of halogens is 1. The van der Waals surface area contributed by atoms with Crippen LogP contribution in [0.3, 0.4) is 0 Å². The predicted molar refractivity (Wildman–Crippen MR) is 96.0 cm³/mol. The van der Waals surface area contributed by atoms with Crippen LogP contribution in [0.2, 0.25) is 0 Å². The van der Waals surface area contributed by atoms with E-state index in [2.05, 4.69) is 27.2 Å². The Morgan fingerprint density at radius 1 is 1.35 bits per heavy atom. The van der Waals surface area contributed by atoms with Gasteiger partial charge in [-0.3, -0.25) is 4.79 Å². The molecule has 1 aromatic carbocycles. The molecule has 1 aliphatic rings. The lowest BCUT2D eigenvalue weighted by molar-refractivity contribution is -0.119. The van der Waals surface area contributed by atoms with E-state index >= 15 is 0 Å². The SMILES string of the molecule is CCC(=O)N(c1ccccc1F)[C@@H]1CCN(CCn2ncnn2)C[C@@H]1C. The zero-order valence-corrected chi connectivity index (χ0v) is 15.3. The van der Waals surface area contributed by atoms with Crippen molar-refractivity contribution >= 4 is 11.6 Å². The number of amides is 1. The number of benzene rings is 1. The molecule has 2 heterocycles. The van der Waals surface area contributed by atoms with E-state index in [0.29, 0.717) is 18.7 Å². The van der Waals surface area contributed by atoms with Crippen molar-refractivity contribution in [1.82, 2.24) is 25.1 Å². The minimum Gasteiger partial charge on any atom is -0.306 e. The number of carbonyl (C=O) groups excluding carboxylic acids is 1. The summed E-state index contributed by atoms with van der Waals surface area (Å²) in [7, 11) is 0. The molecule has 3 rings (SSSR count). The van der Waals surface area contributed by atoms with Crippen LogP contribution in [0.5, 0.6) is 0 Å². The van der Waals surface area contributed by atoms with Crippen molar-refractivity contribution in [2.45, 2.75) is 39.3 Å². The number of rotatable bonds is 6. The second-order valence-corrected chi connectivity index (χ2v) is 6.73. The van der Waals surface area contributed by atoms with Crippen LogP contribution >= 0.6 is 0 Å². The highest BCUT2D eigenvalue weighted by atomic mass is 19.1. The molecule has 7 nitrogen and oxygen atoms in total. The maximum absolute atomic E-state index is 14.3. The van der Waals surface area contributed by atoms with Gasteiger partial charge in [-0.25, -0.2) is 4.39 Å². The standard InChI is InChI=1S/C18H25FN6O/c1-3-18(26)25(17-7-5-4-6-15(17)19)16-8-9-23(12-14(16)2)10-11-24-21-13-20-22-24/h4-7,13-14,16H,3,8-12H2,1-2H3/t14-,16+/m0/s1. The van der Waals surface area contributed by atoms with Crippen LogP contribution in [0.25, 0.3) is 0 Å². The van der Waals surface area contributed by atoms with Crippen molar-refractivity contribution in [3.8, 4) is 0 Å². The first-order chi connectivity index (χ1) is 12.6. The second-order valence-electron chi connectivity index (χ2n) is 6.73. The van der Waals surface area contributed by atoms with Gasteiger partial charge >= 0.3 is 0 Å². The lowest BCUT2D eigenvalue weighted by Gasteiger charge is -2.42. The fourth-order valence-corrected chi connectivity index (χ4v) is 3.64. The lowest BCUT2D eigenvalue weighted by Crippen LogP contribution is -2.53. The van der Waals surface area contributed by atoms with E-state index in [9.17, 15) is 9.18 Å². The fraction of sp³-hybridized carbons (Fsp3) is 0.556. The summed E-state index contributed by atoms with van der Waals surface area (Å²) in [6.07, 6.45) is 2.60. The Kier molecular flexibility index (Phi) is 5.92. The van der Waals surface area contributed by atoms with Gasteiger partial charge < -0.3 is 9.80 Å². The topological polar surface area (TPSA) is 67.2 Å². The largest absolute Gasteiger partial charge is 0.306 e. The molecule has 0 bridgehead atoms. The van der Waals surface area contributed by atoms with Crippen molar-refractivity contribution < 1.29 is 9.18 Å². The maximum atomic E-state index is 14.3. The number of hydrogen-bond acceptors (Lipinski definition) is 5. The first-order valence-electron chi connectivity index (χ1n) is 9.10. The predicted octanol–water partition coefficient (Wildman–Crippen LogP) is 1.97. The van der Waals surface area contributed by atoms with Gasteiger partial charge in [0.1, 0.15) is 5.82 Å². The molecule has 2 aromatic rings. The molecule has 0 N–H and O–H groups in total. The average Bonchev–Trinajstić information content (AvgIpc) is 3.16. The minimum absolute atomic E-state index is 0.0000880. The summed E-state index contributed by atoms with van der Waals surface area (Å²) in [6, 6.07) is 6.53. The highest BCUT2D eigenvalue weighted by molar-refractivity contribution is 5.94. The van der Waals surface area contributed by atoms with Crippen molar-refractivity contribution in [3.05, 3.63) is 36.4 Å². The van der Waals surface area contributed by atoms with Crippen LogP contribution in [0, 0.1) is 11.7 Å². The maximum Gasteiger partial charge on any atom is 0.227 e. The number of carbonyl (C=O) groups is 1. The van der Waals surface area contributed by atoms with Crippen molar-refractivity contribution in [3.63, 3.8) is 0 Å². The summed E-state index contributed by atoms with van der Waals surface area (Å²) in [6.45, 7) is 7.16. The normalized spacial score (nSPS) is 20.9. The molecule has 0 saturated carbocycles. The Bertz CT molecular complexity index is 722. The smallest absolute Gasteiger partial charge is 0.227 e. The van der Waals surface area contributed by atoms with Gasteiger partial charge in [0.25, 0.3) is 0 Å². The third-order valence-corrected chi connectivity index (χ3v) is 4.97. The van der Waals surface area contributed by atoms with Crippen molar-refractivity contribution in [2.24, 2.45) is 5.92 Å². The number of anilines is 1. The Morgan fingerprint density at radius 3 is 2.81 bits per heavy atom. The summed E-state index contributed by atoms with van der Waals surface area (Å²) >= 11 is 0. The van der Waals surface area contributed by atoms with Gasteiger partial charge in [-0.2, -0.15) is 4.80 Å². The van der Waals surface area contributed by atoms with E-state index in [-0.39, 0.29) is 23.7 Å². The summed E-state index contributed by atoms with van der Waals surface area (Å²) < 4.78 is 14.3. The molecule has 0 aliphatic carbocycles. The summed E-state index contributed by atoms with van der Waals surface area (Å²) in [4.78, 5) is 18.2. The molecule has 0 unspecified atom stereocenters. The molecule has 0 radical (unpaired) electrons. The molecule has 1 fully saturated rings. The summed E-state index contributed by atoms with van der Waals surface area (Å²) in [5.74, 6) is -0.143. The number of likely N-dealkylation sites (tertiary alicyclic amines) is 1. The highest BCUT2D eigenvalue weighted by Crippen LogP contribution is 2.29. The van der Waals surface area contributed by atoms with E-state index < -0.39 is 0 Å². The molecule has 8 heteroatoms. The summed E-state index contributed by atoms with van der Waals surface area (Å²) in [5.41, 5.74) is 0.386. The Hall–Kier alpha value is -2.35. The van der Waals surface area contributed by atoms with Crippen LogP contribution in [0.15, 0.2) is 30.6 Å². The van der Waals surface area contributed by atoms with Crippen LogP contribution < -0.4 is 4.90 Å². The third-order valence-electron chi connectivity index (χ3n) is 4.97. The lowest BCUT2D eigenvalue weighted by atomic mass is 9.91. The quantitative estimate of drug-likeness (QED) is 0.788. The Balaban J connectivity index is 1.69. The first-order valence-corrected chi connectivity index (χ1v) is 9.10. The number of nitrogens with zero attached hydrogens (tertiary/aromatic N) is 6. The van der Waals surface area contributed by atoms with E-state index in [1.165, 1.54) is 12.4 Å². The van der Waals surface area contributed by atoms with Gasteiger partial charge in [-0.1, -0.05) is 26.0 Å². The van der Waals surface area contributed by atoms with E-state index in [0.717, 1.165) is 26.1 Å². The zero-order chi connectivity index (χ0) is 18.5. The molecular formula is C18H25FN6O. The molecule has 1 aromatic heterocycles. The highest BCUT2D eigenvalue weighted by Gasteiger charge is 2.34. The molecule has 0 spiro atoms. The number of aromatic nitrogens is 4. The Morgan fingerprint density at radius 2 is 2.15 bits per heavy atom. The van der Waals surface area contributed by atoms with Crippen molar-refractivity contribution in [1.29, 1.82) is 0 Å². The molecule has 1 aliphatic heterocycles. The van der Waals surface area contributed by atoms with Crippen LogP contribution in [-0.2, 0) is 11.3 Å². The van der Waals surface area contributed by atoms with Gasteiger partial charge in [0.2, 0.25) is 5.91 Å². The fourth-order valence-electron chi connectivity index (χ4n) is 3.64. The average molecular weight is 360 g/mol. The molecule has 2 atom stereocenters. The van der Waals surface area contributed by atoms with Crippen LogP contribution in [0.1, 0.15) is 26.7 Å². The zero-order valence-electron chi connectivity index (χ0n) is 15.3. The van der Waals surface area contributed by atoms with E-state index in [1.807, 2.05) is 6.92 Å². The number of para-hydroxylation sites is 1. The van der Waals surface area contributed by atoms with Gasteiger partial charge in [-0.05, 0) is 29.7 Å². The molecule has 1 saturated heterocycles. The van der Waals surface area contributed by atoms with Gasteiger partial charge in [-0.15, -0.1) is 10.2 Å². The number of tetrazole rings is 1. The van der Waals surface area contributed by atoms with Gasteiger partial charge in [0.05, 0.1) is 12.2 Å². The molecule has 140 valence electrons. The second kappa shape index (κ2) is 8.35. The van der Waals surface area contributed by atoms with Crippen molar-refractivity contribution in [2.75, 3.05) is 24.5 Å². The number of hydrogen-bond donors (Lipinski definition) is 0. The minimum atomic E-state index is -0.346. The monoisotopic (exact) mass is 360 g/mol. The third kappa shape index (κ3) is 4.07. The van der Waals surface area contributed by atoms with Crippen LogP contribution in [0.4, 0.5) is 10.1 Å². The van der Waals surface area contributed by atoms with E-state index in [1.54, 1.807) is 27.9 Å². The van der Waals surface area contributed by atoms with Gasteiger partial charge in [0, 0.05) is 32.1 Å². The number of piperidine rings is 1. The first kappa shape index (κ1) is 18.4. The molecular weight excluding hydrogens is 335 g/mol. The van der Waals surface area contributed by atoms with Crippen LogP contribution in [-0.4, -0.2) is 56.7 Å². The molecule has 1 amide bonds. The van der Waals surface area contributed by atoms with Gasteiger partial charge in [0.15, 0.2) is 6.33 Å². The van der Waals surface area contributed by atoms with E-state index in [4.69, 9.17) is 0 Å². The Labute approximate surface area is 152 Å². The molecule has 26 heavy (non-hydrogen) atoms.